The highest BCUT2D eigenvalue weighted by atomic mass is 16.5. The topological polar surface area (TPSA) is 177 Å². The standard InChI is InChI=1S/C32H42N4O8/c1-4-5-8-15-35(18-21-11-13-22(14-12-21)24-9-6-7-10-25(24)30(39)40)32(43)36-19-23(17-27(36)31(41)42)33-28(37)26(16-20(2)3)29(38)34-44/h6-7,9-14,20,23,26-27,44H,4-5,8,15-19H2,1-3H3,(H,33,37)(H,34,38)(H,39,40)(H,41,42). The zero-order valence-electron chi connectivity index (χ0n) is 25.4. The molecule has 1 heterocycles. The van der Waals surface area contributed by atoms with Crippen LogP contribution in [0.3, 0.4) is 0 Å². The molecule has 2 aromatic rings. The number of amides is 4. The molecule has 1 saturated heterocycles. The van der Waals surface area contributed by atoms with Gasteiger partial charge in [-0.25, -0.2) is 19.9 Å². The molecule has 4 amide bonds. The van der Waals surface area contributed by atoms with Crippen LogP contribution in [0.4, 0.5) is 4.79 Å². The maximum atomic E-state index is 13.8. The third-order valence-corrected chi connectivity index (χ3v) is 7.73. The highest BCUT2D eigenvalue weighted by Gasteiger charge is 2.42. The van der Waals surface area contributed by atoms with E-state index >= 15 is 0 Å². The number of hydroxylamine groups is 1. The maximum Gasteiger partial charge on any atom is 0.336 e. The Morgan fingerprint density at radius 3 is 2.25 bits per heavy atom. The molecule has 0 aliphatic carbocycles. The SMILES string of the molecule is CCCCCN(Cc1ccc(-c2ccccc2C(=O)O)cc1)C(=O)N1CC(NC(=O)C(CC(C)C)C(=O)NO)CC1C(=O)O. The van der Waals surface area contributed by atoms with Crippen molar-refractivity contribution in [1.29, 1.82) is 0 Å². The predicted molar refractivity (Wildman–Crippen MR) is 162 cm³/mol. The number of likely N-dealkylation sites (tertiary alicyclic amines) is 1. The molecule has 0 saturated carbocycles. The van der Waals surface area contributed by atoms with Gasteiger partial charge < -0.3 is 25.3 Å². The average molecular weight is 611 g/mol. The Morgan fingerprint density at radius 1 is 0.977 bits per heavy atom. The van der Waals surface area contributed by atoms with Gasteiger partial charge in [0.05, 0.1) is 5.56 Å². The molecule has 0 radical (unpaired) electrons. The Bertz CT molecular complexity index is 1330. The third kappa shape index (κ3) is 8.79. The van der Waals surface area contributed by atoms with E-state index in [1.54, 1.807) is 35.2 Å². The lowest BCUT2D eigenvalue weighted by atomic mass is 9.95. The number of hydrogen-bond donors (Lipinski definition) is 5. The summed E-state index contributed by atoms with van der Waals surface area (Å²) < 4.78 is 0. The molecular formula is C32H42N4O8. The van der Waals surface area contributed by atoms with Crippen LogP contribution in [-0.4, -0.2) is 80.2 Å². The lowest BCUT2D eigenvalue weighted by molar-refractivity contribution is -0.143. The number of carbonyl (C=O) groups excluding carboxylic acids is 3. The molecule has 3 unspecified atom stereocenters. The number of aromatic carboxylic acids is 1. The summed E-state index contributed by atoms with van der Waals surface area (Å²) in [7, 11) is 0. The van der Waals surface area contributed by atoms with Crippen molar-refractivity contribution in [3.63, 3.8) is 0 Å². The van der Waals surface area contributed by atoms with Crippen molar-refractivity contribution in [2.24, 2.45) is 11.8 Å². The minimum atomic E-state index is -1.20. The Morgan fingerprint density at radius 2 is 1.66 bits per heavy atom. The number of hydrogen-bond acceptors (Lipinski definition) is 6. The van der Waals surface area contributed by atoms with Gasteiger partial charge in [0.15, 0.2) is 0 Å². The molecule has 2 aromatic carbocycles. The summed E-state index contributed by atoms with van der Waals surface area (Å²) in [5, 5.41) is 31.3. The lowest BCUT2D eigenvalue weighted by Gasteiger charge is -2.30. The van der Waals surface area contributed by atoms with Gasteiger partial charge in [-0.05, 0) is 41.5 Å². The normalized spacial score (nSPS) is 16.8. The summed E-state index contributed by atoms with van der Waals surface area (Å²) in [5.74, 6) is -4.90. The van der Waals surface area contributed by atoms with Crippen LogP contribution in [0.2, 0.25) is 0 Å². The fourth-order valence-electron chi connectivity index (χ4n) is 5.48. The molecule has 12 heteroatoms. The number of urea groups is 1. The summed E-state index contributed by atoms with van der Waals surface area (Å²) in [6.45, 7) is 6.25. The predicted octanol–water partition coefficient (Wildman–Crippen LogP) is 3.98. The van der Waals surface area contributed by atoms with Crippen LogP contribution in [-0.2, 0) is 20.9 Å². The highest BCUT2D eigenvalue weighted by molar-refractivity contribution is 6.00. The smallest absolute Gasteiger partial charge is 0.336 e. The van der Waals surface area contributed by atoms with Gasteiger partial charge in [0.25, 0.3) is 5.91 Å². The Kier molecular flexibility index (Phi) is 12.3. The number of nitrogens with one attached hydrogen (secondary N) is 2. The van der Waals surface area contributed by atoms with Crippen molar-refractivity contribution in [3.8, 4) is 11.1 Å². The van der Waals surface area contributed by atoms with Crippen LogP contribution in [0, 0.1) is 11.8 Å². The molecular weight excluding hydrogens is 568 g/mol. The second-order valence-electron chi connectivity index (χ2n) is 11.6. The average Bonchev–Trinajstić information content (AvgIpc) is 3.43. The lowest BCUT2D eigenvalue weighted by Crippen LogP contribution is -2.49. The van der Waals surface area contributed by atoms with Crippen molar-refractivity contribution in [2.75, 3.05) is 13.1 Å². The summed E-state index contributed by atoms with van der Waals surface area (Å²) in [4.78, 5) is 65.6. The van der Waals surface area contributed by atoms with Gasteiger partial charge in [-0.2, -0.15) is 0 Å². The zero-order chi connectivity index (χ0) is 32.4. The first-order valence-electron chi connectivity index (χ1n) is 14.9. The van der Waals surface area contributed by atoms with E-state index in [0.717, 1.165) is 18.4 Å². The first-order chi connectivity index (χ1) is 21.0. The number of unbranched alkanes of at least 4 members (excludes halogenated alkanes) is 2. The van der Waals surface area contributed by atoms with Gasteiger partial charge in [0.1, 0.15) is 12.0 Å². The van der Waals surface area contributed by atoms with E-state index in [2.05, 4.69) is 5.32 Å². The first kappa shape index (κ1) is 34.0. The number of nitrogens with zero attached hydrogens (tertiary/aromatic N) is 2. The van der Waals surface area contributed by atoms with Crippen LogP contribution < -0.4 is 10.8 Å². The van der Waals surface area contributed by atoms with Crippen molar-refractivity contribution in [1.82, 2.24) is 20.6 Å². The van der Waals surface area contributed by atoms with Gasteiger partial charge >= 0.3 is 18.0 Å². The molecule has 3 atom stereocenters. The van der Waals surface area contributed by atoms with Gasteiger partial charge in [-0.3, -0.25) is 14.8 Å². The first-order valence-corrected chi connectivity index (χ1v) is 14.9. The van der Waals surface area contributed by atoms with Crippen LogP contribution in [0.1, 0.15) is 68.8 Å². The third-order valence-electron chi connectivity index (χ3n) is 7.73. The fraction of sp³-hybridized carbons (Fsp3) is 0.469. The quantitative estimate of drug-likeness (QED) is 0.0923. The van der Waals surface area contributed by atoms with E-state index in [1.165, 1.54) is 16.4 Å². The van der Waals surface area contributed by atoms with E-state index in [1.807, 2.05) is 32.9 Å². The van der Waals surface area contributed by atoms with E-state index < -0.39 is 47.8 Å². The van der Waals surface area contributed by atoms with Crippen molar-refractivity contribution >= 4 is 29.8 Å². The second-order valence-corrected chi connectivity index (χ2v) is 11.6. The van der Waals surface area contributed by atoms with E-state index in [4.69, 9.17) is 5.21 Å². The number of carboxylic acid groups (broad SMARTS) is 2. The van der Waals surface area contributed by atoms with E-state index in [9.17, 15) is 34.2 Å². The van der Waals surface area contributed by atoms with Gasteiger partial charge in [0, 0.05) is 32.1 Å². The van der Waals surface area contributed by atoms with Crippen molar-refractivity contribution < 1.29 is 39.4 Å². The second kappa shape index (κ2) is 15.9. The number of carbonyl (C=O) groups is 5. The van der Waals surface area contributed by atoms with E-state index in [-0.39, 0.29) is 37.4 Å². The molecule has 0 bridgehead atoms. The van der Waals surface area contributed by atoms with Gasteiger partial charge in [-0.15, -0.1) is 0 Å². The Hall–Kier alpha value is -4.45. The van der Waals surface area contributed by atoms with Gasteiger partial charge in [-0.1, -0.05) is 76.1 Å². The molecule has 5 N–H and O–H groups in total. The molecule has 0 aromatic heterocycles. The molecule has 1 aliphatic rings. The summed E-state index contributed by atoms with van der Waals surface area (Å²) in [5.41, 5.74) is 3.77. The number of aliphatic carboxylic acids is 1. The van der Waals surface area contributed by atoms with Crippen LogP contribution in [0.15, 0.2) is 48.5 Å². The van der Waals surface area contributed by atoms with Gasteiger partial charge in [0.2, 0.25) is 5.91 Å². The Labute approximate surface area is 257 Å². The van der Waals surface area contributed by atoms with Crippen LogP contribution in [0.5, 0.6) is 0 Å². The molecule has 1 fully saturated rings. The number of carboxylic acids is 2. The Balaban J connectivity index is 1.79. The monoisotopic (exact) mass is 610 g/mol. The largest absolute Gasteiger partial charge is 0.480 e. The molecule has 12 nitrogen and oxygen atoms in total. The van der Waals surface area contributed by atoms with Crippen LogP contribution >= 0.6 is 0 Å². The van der Waals surface area contributed by atoms with E-state index in [0.29, 0.717) is 24.1 Å². The minimum absolute atomic E-state index is 0.0193. The molecule has 44 heavy (non-hydrogen) atoms. The zero-order valence-corrected chi connectivity index (χ0v) is 25.4. The van der Waals surface area contributed by atoms with Crippen molar-refractivity contribution in [3.05, 3.63) is 59.7 Å². The number of benzene rings is 2. The fourth-order valence-corrected chi connectivity index (χ4v) is 5.48. The van der Waals surface area contributed by atoms with Crippen LogP contribution in [0.25, 0.3) is 11.1 Å². The summed E-state index contributed by atoms with van der Waals surface area (Å²) in [6.07, 6.45) is 2.67. The summed E-state index contributed by atoms with van der Waals surface area (Å²) >= 11 is 0. The highest BCUT2D eigenvalue weighted by Crippen LogP contribution is 2.26. The molecule has 238 valence electrons. The summed E-state index contributed by atoms with van der Waals surface area (Å²) in [6, 6.07) is 11.6. The number of rotatable bonds is 14. The molecule has 3 rings (SSSR count). The van der Waals surface area contributed by atoms with Crippen molar-refractivity contribution in [2.45, 2.75) is 71.5 Å². The maximum absolute atomic E-state index is 13.8. The molecule has 0 spiro atoms. The molecule has 1 aliphatic heterocycles. The minimum Gasteiger partial charge on any atom is -0.480 e.